The molecular formula is C16H28N4S. The second kappa shape index (κ2) is 7.07. The van der Waals surface area contributed by atoms with E-state index in [2.05, 4.69) is 29.0 Å². The van der Waals surface area contributed by atoms with Gasteiger partial charge in [-0.25, -0.2) is 4.98 Å². The Balaban J connectivity index is 1.72. The number of anilines is 1. The Morgan fingerprint density at radius 3 is 3.00 bits per heavy atom. The van der Waals surface area contributed by atoms with Gasteiger partial charge in [-0.1, -0.05) is 20.3 Å². The molecular weight excluding hydrogens is 280 g/mol. The standard InChI is InChI=1S/C16H28N4S/c1-3-6-14-15(11-17-4-2)21-16(18-14)20-10-9-19-8-5-7-13(19)12-20/h13,17H,3-12H2,1-2H3. The average Bonchev–Trinajstić information content (AvgIpc) is 3.11. The van der Waals surface area contributed by atoms with Crippen LogP contribution in [-0.4, -0.2) is 48.6 Å². The summed E-state index contributed by atoms with van der Waals surface area (Å²) < 4.78 is 0. The van der Waals surface area contributed by atoms with Crippen molar-refractivity contribution < 1.29 is 0 Å². The van der Waals surface area contributed by atoms with Gasteiger partial charge in [0.1, 0.15) is 0 Å². The lowest BCUT2D eigenvalue weighted by molar-refractivity contribution is 0.231. The predicted molar refractivity (Wildman–Crippen MR) is 90.3 cm³/mol. The Morgan fingerprint density at radius 2 is 2.19 bits per heavy atom. The highest BCUT2D eigenvalue weighted by Crippen LogP contribution is 2.31. The van der Waals surface area contributed by atoms with Crippen LogP contribution in [0.15, 0.2) is 0 Å². The number of piperazine rings is 1. The van der Waals surface area contributed by atoms with Crippen LogP contribution in [-0.2, 0) is 13.0 Å². The number of hydrogen-bond acceptors (Lipinski definition) is 5. The van der Waals surface area contributed by atoms with Crippen molar-refractivity contribution in [1.82, 2.24) is 15.2 Å². The SMILES string of the molecule is CCCc1nc(N2CCN3CCCC3C2)sc1CNCC. The summed E-state index contributed by atoms with van der Waals surface area (Å²) in [5, 5.41) is 4.72. The van der Waals surface area contributed by atoms with Crippen LogP contribution in [0.5, 0.6) is 0 Å². The fourth-order valence-corrected chi connectivity index (χ4v) is 4.59. The minimum atomic E-state index is 0.773. The maximum absolute atomic E-state index is 4.98. The maximum atomic E-state index is 4.98. The second-order valence-corrected chi connectivity index (χ2v) is 7.24. The molecule has 2 saturated heterocycles. The minimum absolute atomic E-state index is 0.773. The van der Waals surface area contributed by atoms with Crippen molar-refractivity contribution in [1.29, 1.82) is 0 Å². The molecule has 0 bridgehead atoms. The molecule has 3 rings (SSSR count). The van der Waals surface area contributed by atoms with Crippen LogP contribution < -0.4 is 10.2 Å². The van der Waals surface area contributed by atoms with Crippen LogP contribution in [0, 0.1) is 0 Å². The maximum Gasteiger partial charge on any atom is 0.185 e. The Hall–Kier alpha value is -0.650. The third kappa shape index (κ3) is 3.41. The Labute approximate surface area is 132 Å². The van der Waals surface area contributed by atoms with E-state index in [0.717, 1.165) is 32.1 Å². The first-order valence-electron chi connectivity index (χ1n) is 8.50. The second-order valence-electron chi connectivity index (χ2n) is 6.17. The minimum Gasteiger partial charge on any atom is -0.345 e. The number of aryl methyl sites for hydroxylation is 1. The van der Waals surface area contributed by atoms with Gasteiger partial charge in [0.25, 0.3) is 0 Å². The number of aromatic nitrogens is 1. The molecule has 21 heavy (non-hydrogen) atoms. The summed E-state index contributed by atoms with van der Waals surface area (Å²) in [7, 11) is 0. The Kier molecular flexibility index (Phi) is 5.14. The summed E-state index contributed by atoms with van der Waals surface area (Å²) in [5.41, 5.74) is 1.33. The lowest BCUT2D eigenvalue weighted by Gasteiger charge is -2.37. The molecule has 1 N–H and O–H groups in total. The summed E-state index contributed by atoms with van der Waals surface area (Å²) in [4.78, 5) is 11.6. The fraction of sp³-hybridized carbons (Fsp3) is 0.812. The zero-order valence-corrected chi connectivity index (χ0v) is 14.2. The normalized spacial score (nSPS) is 22.8. The summed E-state index contributed by atoms with van der Waals surface area (Å²) >= 11 is 1.91. The largest absolute Gasteiger partial charge is 0.345 e. The summed E-state index contributed by atoms with van der Waals surface area (Å²) in [6.07, 6.45) is 5.04. The van der Waals surface area contributed by atoms with Gasteiger partial charge in [0, 0.05) is 37.1 Å². The number of rotatable bonds is 6. The number of hydrogen-bond donors (Lipinski definition) is 1. The molecule has 1 aromatic heterocycles. The first-order chi connectivity index (χ1) is 10.3. The zero-order valence-electron chi connectivity index (χ0n) is 13.4. The highest BCUT2D eigenvalue weighted by Gasteiger charge is 2.31. The van der Waals surface area contributed by atoms with Crippen molar-refractivity contribution >= 4 is 16.5 Å². The first kappa shape index (κ1) is 15.3. The average molecular weight is 308 g/mol. The van der Waals surface area contributed by atoms with E-state index in [4.69, 9.17) is 4.98 Å². The molecule has 2 fully saturated rings. The van der Waals surface area contributed by atoms with Crippen LogP contribution in [0.1, 0.15) is 43.7 Å². The number of nitrogens with zero attached hydrogens (tertiary/aromatic N) is 3. The molecule has 1 aromatic rings. The third-order valence-electron chi connectivity index (χ3n) is 4.65. The molecule has 0 amide bonds. The lowest BCUT2D eigenvalue weighted by atomic mass is 10.2. The van der Waals surface area contributed by atoms with Crippen LogP contribution in [0.25, 0.3) is 0 Å². The number of nitrogens with one attached hydrogen (secondary N) is 1. The van der Waals surface area contributed by atoms with Gasteiger partial charge in [-0.05, 0) is 32.4 Å². The highest BCUT2D eigenvalue weighted by atomic mass is 32.1. The number of fused-ring (bicyclic) bond motifs is 1. The molecule has 3 heterocycles. The van der Waals surface area contributed by atoms with Crippen molar-refractivity contribution in [2.45, 2.75) is 52.1 Å². The highest BCUT2D eigenvalue weighted by molar-refractivity contribution is 7.15. The molecule has 5 heteroatoms. The van der Waals surface area contributed by atoms with E-state index in [1.807, 2.05) is 11.3 Å². The van der Waals surface area contributed by atoms with E-state index >= 15 is 0 Å². The van der Waals surface area contributed by atoms with Crippen LogP contribution in [0.2, 0.25) is 0 Å². The van der Waals surface area contributed by atoms with Gasteiger partial charge in [-0.2, -0.15) is 0 Å². The van der Waals surface area contributed by atoms with Crippen molar-refractivity contribution in [3.05, 3.63) is 10.6 Å². The van der Waals surface area contributed by atoms with Gasteiger partial charge in [-0.3, -0.25) is 4.90 Å². The summed E-state index contributed by atoms with van der Waals surface area (Å²) in [6, 6.07) is 0.773. The summed E-state index contributed by atoms with van der Waals surface area (Å²) in [6.45, 7) is 11.3. The molecule has 2 aliphatic rings. The van der Waals surface area contributed by atoms with E-state index in [-0.39, 0.29) is 0 Å². The molecule has 1 unspecified atom stereocenters. The number of thiazole rings is 1. The van der Waals surface area contributed by atoms with Gasteiger partial charge < -0.3 is 10.2 Å². The van der Waals surface area contributed by atoms with Crippen molar-refractivity contribution in [2.24, 2.45) is 0 Å². The Bertz CT molecular complexity index is 459. The molecule has 0 saturated carbocycles. The molecule has 0 spiro atoms. The van der Waals surface area contributed by atoms with Crippen molar-refractivity contribution in [2.75, 3.05) is 37.6 Å². The molecule has 0 aromatic carbocycles. The predicted octanol–water partition coefficient (Wildman–Crippen LogP) is 2.49. The Morgan fingerprint density at radius 1 is 1.29 bits per heavy atom. The van der Waals surface area contributed by atoms with Gasteiger partial charge in [-0.15, -0.1) is 11.3 Å². The van der Waals surface area contributed by atoms with Crippen LogP contribution in [0.3, 0.4) is 0 Å². The van der Waals surface area contributed by atoms with Gasteiger partial charge in [0.15, 0.2) is 5.13 Å². The fourth-order valence-electron chi connectivity index (χ4n) is 3.48. The third-order valence-corrected chi connectivity index (χ3v) is 5.81. The van der Waals surface area contributed by atoms with E-state index in [1.54, 1.807) is 0 Å². The van der Waals surface area contributed by atoms with Crippen LogP contribution >= 0.6 is 11.3 Å². The lowest BCUT2D eigenvalue weighted by Crippen LogP contribution is -2.50. The molecule has 4 nitrogen and oxygen atoms in total. The molecule has 0 aliphatic carbocycles. The van der Waals surface area contributed by atoms with E-state index in [9.17, 15) is 0 Å². The summed E-state index contributed by atoms with van der Waals surface area (Å²) in [5.74, 6) is 0. The quantitative estimate of drug-likeness (QED) is 0.875. The zero-order chi connectivity index (χ0) is 14.7. The van der Waals surface area contributed by atoms with E-state index in [0.29, 0.717) is 0 Å². The van der Waals surface area contributed by atoms with Gasteiger partial charge >= 0.3 is 0 Å². The van der Waals surface area contributed by atoms with Crippen LogP contribution in [0.4, 0.5) is 5.13 Å². The first-order valence-corrected chi connectivity index (χ1v) is 9.31. The molecule has 118 valence electrons. The van der Waals surface area contributed by atoms with E-state index < -0.39 is 0 Å². The topological polar surface area (TPSA) is 31.4 Å². The monoisotopic (exact) mass is 308 g/mol. The van der Waals surface area contributed by atoms with Crippen molar-refractivity contribution in [3.63, 3.8) is 0 Å². The van der Waals surface area contributed by atoms with Gasteiger partial charge in [0.2, 0.25) is 0 Å². The molecule has 0 radical (unpaired) electrons. The molecule has 1 atom stereocenters. The van der Waals surface area contributed by atoms with E-state index in [1.165, 1.54) is 54.6 Å². The molecule has 2 aliphatic heterocycles. The smallest absolute Gasteiger partial charge is 0.185 e. The van der Waals surface area contributed by atoms with Gasteiger partial charge in [0.05, 0.1) is 5.69 Å². The van der Waals surface area contributed by atoms with Crippen molar-refractivity contribution in [3.8, 4) is 0 Å².